The van der Waals surface area contributed by atoms with Gasteiger partial charge in [-0.2, -0.15) is 0 Å². The lowest BCUT2D eigenvalue weighted by molar-refractivity contribution is 0.153. The predicted molar refractivity (Wildman–Crippen MR) is 108 cm³/mol. The van der Waals surface area contributed by atoms with E-state index < -0.39 is 0 Å². The van der Waals surface area contributed by atoms with Crippen LogP contribution >= 0.6 is 0 Å². The van der Waals surface area contributed by atoms with E-state index in [2.05, 4.69) is 42.0 Å². The Kier molecular flexibility index (Phi) is 4.87. The first-order valence-corrected chi connectivity index (χ1v) is 10.2. The number of aromatic nitrogens is 2. The third kappa shape index (κ3) is 3.57. The molecule has 0 bridgehead atoms. The summed E-state index contributed by atoms with van der Waals surface area (Å²) in [6.45, 7) is 10.6. The van der Waals surface area contributed by atoms with E-state index in [0.717, 1.165) is 35.2 Å². The average molecular weight is 353 g/mol. The zero-order valence-electron chi connectivity index (χ0n) is 16.4. The van der Waals surface area contributed by atoms with Gasteiger partial charge in [0.1, 0.15) is 5.82 Å². The standard InChI is InChI=1S/C22H32N4/c1-22(2,3)20-14-17(16-8-11-23-12-9-16)10-13-26(20)21-15-24-18-6-4-5-7-19(18)25-21/h4-7,15-17,20,23H,8-14H2,1-3H3. The second kappa shape index (κ2) is 7.15. The van der Waals surface area contributed by atoms with Crippen molar-refractivity contribution in [3.8, 4) is 0 Å². The highest BCUT2D eigenvalue weighted by Crippen LogP contribution is 2.41. The molecule has 2 unspecified atom stereocenters. The number of rotatable bonds is 2. The lowest BCUT2D eigenvalue weighted by Crippen LogP contribution is -2.51. The second-order valence-electron chi connectivity index (χ2n) is 9.16. The zero-order chi connectivity index (χ0) is 18.1. The van der Waals surface area contributed by atoms with Gasteiger partial charge < -0.3 is 10.2 Å². The molecule has 0 aliphatic carbocycles. The van der Waals surface area contributed by atoms with Crippen molar-refractivity contribution in [3.63, 3.8) is 0 Å². The van der Waals surface area contributed by atoms with Crippen molar-refractivity contribution in [3.05, 3.63) is 30.5 Å². The van der Waals surface area contributed by atoms with E-state index in [0.29, 0.717) is 6.04 Å². The number of anilines is 1. The summed E-state index contributed by atoms with van der Waals surface area (Å²) in [4.78, 5) is 12.2. The topological polar surface area (TPSA) is 41.0 Å². The van der Waals surface area contributed by atoms with Gasteiger partial charge in [0.25, 0.3) is 0 Å². The molecule has 4 rings (SSSR count). The van der Waals surface area contributed by atoms with Crippen LogP contribution in [0.5, 0.6) is 0 Å². The quantitative estimate of drug-likeness (QED) is 0.877. The molecule has 0 spiro atoms. The maximum Gasteiger partial charge on any atom is 0.148 e. The summed E-state index contributed by atoms with van der Waals surface area (Å²) < 4.78 is 0. The third-order valence-corrected chi connectivity index (χ3v) is 6.42. The van der Waals surface area contributed by atoms with Crippen LogP contribution in [0, 0.1) is 17.3 Å². The Morgan fingerprint density at radius 3 is 2.46 bits per heavy atom. The molecule has 2 aliphatic rings. The summed E-state index contributed by atoms with van der Waals surface area (Å²) in [5.74, 6) is 2.80. The molecular formula is C22H32N4. The Morgan fingerprint density at radius 2 is 1.73 bits per heavy atom. The van der Waals surface area contributed by atoms with Crippen molar-refractivity contribution in [1.82, 2.24) is 15.3 Å². The predicted octanol–water partition coefficient (Wildman–Crippen LogP) is 4.26. The molecule has 3 heterocycles. The average Bonchev–Trinajstić information content (AvgIpc) is 2.67. The van der Waals surface area contributed by atoms with Crippen LogP contribution in [0.2, 0.25) is 0 Å². The van der Waals surface area contributed by atoms with Crippen molar-refractivity contribution in [1.29, 1.82) is 0 Å². The van der Waals surface area contributed by atoms with E-state index in [-0.39, 0.29) is 5.41 Å². The number of nitrogens with one attached hydrogen (secondary N) is 1. The van der Waals surface area contributed by atoms with Crippen LogP contribution in [0.25, 0.3) is 11.0 Å². The Hall–Kier alpha value is -1.68. The van der Waals surface area contributed by atoms with Crippen LogP contribution in [-0.4, -0.2) is 35.6 Å². The lowest BCUT2D eigenvalue weighted by atomic mass is 9.71. The maximum absolute atomic E-state index is 4.95. The molecule has 1 aromatic heterocycles. The van der Waals surface area contributed by atoms with Crippen LogP contribution in [0.1, 0.15) is 46.5 Å². The van der Waals surface area contributed by atoms with Crippen LogP contribution in [-0.2, 0) is 0 Å². The summed E-state index contributed by atoms with van der Waals surface area (Å²) >= 11 is 0. The number of para-hydroxylation sites is 2. The van der Waals surface area contributed by atoms with Gasteiger partial charge in [-0.05, 0) is 68.2 Å². The summed E-state index contributed by atoms with van der Waals surface area (Å²) in [5.41, 5.74) is 2.21. The summed E-state index contributed by atoms with van der Waals surface area (Å²) in [6, 6.07) is 8.70. The van der Waals surface area contributed by atoms with Crippen LogP contribution in [0.4, 0.5) is 5.82 Å². The summed E-state index contributed by atoms with van der Waals surface area (Å²) in [7, 11) is 0. The first-order chi connectivity index (χ1) is 12.5. The normalized spacial score (nSPS) is 25.6. The molecular weight excluding hydrogens is 320 g/mol. The molecule has 2 aliphatic heterocycles. The number of nitrogens with zero attached hydrogens (tertiary/aromatic N) is 3. The molecule has 1 aromatic carbocycles. The summed E-state index contributed by atoms with van der Waals surface area (Å²) in [5, 5.41) is 3.52. The monoisotopic (exact) mass is 352 g/mol. The van der Waals surface area contributed by atoms with Gasteiger partial charge in [-0.3, -0.25) is 4.98 Å². The van der Waals surface area contributed by atoms with E-state index in [4.69, 9.17) is 4.98 Å². The molecule has 2 aromatic rings. The molecule has 4 nitrogen and oxygen atoms in total. The molecule has 140 valence electrons. The van der Waals surface area contributed by atoms with Crippen molar-refractivity contribution in [2.75, 3.05) is 24.5 Å². The number of hydrogen-bond acceptors (Lipinski definition) is 4. The molecule has 26 heavy (non-hydrogen) atoms. The van der Waals surface area contributed by atoms with Gasteiger partial charge in [0, 0.05) is 12.6 Å². The Morgan fingerprint density at radius 1 is 1.00 bits per heavy atom. The van der Waals surface area contributed by atoms with Gasteiger partial charge in [0.05, 0.1) is 17.2 Å². The zero-order valence-corrected chi connectivity index (χ0v) is 16.4. The fourth-order valence-corrected chi connectivity index (χ4v) is 4.92. The van der Waals surface area contributed by atoms with E-state index >= 15 is 0 Å². The number of benzene rings is 1. The van der Waals surface area contributed by atoms with Crippen molar-refractivity contribution < 1.29 is 0 Å². The first-order valence-electron chi connectivity index (χ1n) is 10.2. The van der Waals surface area contributed by atoms with E-state index in [1.54, 1.807) is 0 Å². The van der Waals surface area contributed by atoms with Gasteiger partial charge >= 0.3 is 0 Å². The number of hydrogen-bond donors (Lipinski definition) is 1. The van der Waals surface area contributed by atoms with Crippen molar-refractivity contribution in [2.24, 2.45) is 17.3 Å². The molecule has 2 fully saturated rings. The fraction of sp³-hybridized carbons (Fsp3) is 0.636. The van der Waals surface area contributed by atoms with Gasteiger partial charge in [-0.25, -0.2) is 4.98 Å². The molecule has 0 amide bonds. The summed E-state index contributed by atoms with van der Waals surface area (Å²) in [6.07, 6.45) is 7.23. The molecule has 0 saturated carbocycles. The van der Waals surface area contributed by atoms with Gasteiger partial charge in [0.15, 0.2) is 0 Å². The van der Waals surface area contributed by atoms with E-state index in [1.807, 2.05) is 24.4 Å². The third-order valence-electron chi connectivity index (χ3n) is 6.42. The van der Waals surface area contributed by atoms with Crippen LogP contribution < -0.4 is 10.2 Å². The smallest absolute Gasteiger partial charge is 0.148 e. The van der Waals surface area contributed by atoms with Gasteiger partial charge in [-0.15, -0.1) is 0 Å². The number of fused-ring (bicyclic) bond motifs is 1. The lowest BCUT2D eigenvalue weighted by Gasteiger charge is -2.48. The minimum Gasteiger partial charge on any atom is -0.352 e. The van der Waals surface area contributed by atoms with Gasteiger partial charge in [0.2, 0.25) is 0 Å². The Labute approximate surface area is 157 Å². The minimum absolute atomic E-state index is 0.235. The van der Waals surface area contributed by atoms with Crippen molar-refractivity contribution in [2.45, 2.75) is 52.5 Å². The highest BCUT2D eigenvalue weighted by Gasteiger charge is 2.39. The molecule has 0 radical (unpaired) electrons. The molecule has 2 atom stereocenters. The van der Waals surface area contributed by atoms with Gasteiger partial charge in [-0.1, -0.05) is 32.9 Å². The molecule has 2 saturated heterocycles. The second-order valence-corrected chi connectivity index (χ2v) is 9.16. The van der Waals surface area contributed by atoms with E-state index in [9.17, 15) is 0 Å². The van der Waals surface area contributed by atoms with E-state index in [1.165, 1.54) is 38.8 Å². The van der Waals surface area contributed by atoms with Crippen molar-refractivity contribution >= 4 is 16.9 Å². The largest absolute Gasteiger partial charge is 0.352 e. The highest BCUT2D eigenvalue weighted by atomic mass is 15.2. The van der Waals surface area contributed by atoms with Crippen LogP contribution in [0.3, 0.4) is 0 Å². The first kappa shape index (κ1) is 17.7. The Balaban J connectivity index is 1.60. The minimum atomic E-state index is 0.235. The molecule has 4 heteroatoms. The van der Waals surface area contributed by atoms with Crippen LogP contribution in [0.15, 0.2) is 30.5 Å². The Bertz CT molecular complexity index is 745. The highest BCUT2D eigenvalue weighted by molar-refractivity contribution is 5.75. The molecule has 1 N–H and O–H groups in total. The maximum atomic E-state index is 4.95. The SMILES string of the molecule is CC(C)(C)C1CC(C2CCNCC2)CCN1c1cnc2ccccc2n1. The number of piperidine rings is 2. The fourth-order valence-electron chi connectivity index (χ4n) is 4.92.